The lowest BCUT2D eigenvalue weighted by molar-refractivity contribution is -0.384. The minimum atomic E-state index is -1.12. The molecule has 8 nitrogen and oxygen atoms in total. The number of nitro benzene ring substituents is 1. The van der Waals surface area contributed by atoms with Gasteiger partial charge in [-0.2, -0.15) is 5.10 Å². The Kier molecular flexibility index (Phi) is 5.90. The predicted octanol–water partition coefficient (Wildman–Crippen LogP) is 2.59. The fraction of sp³-hybridized carbons (Fsp3) is 0. The number of hydrazone groups is 1. The van der Waals surface area contributed by atoms with Crippen LogP contribution in [0, 0.1) is 15.9 Å². The third-order valence-electron chi connectivity index (χ3n) is 2.85. The van der Waals surface area contributed by atoms with Crippen molar-refractivity contribution in [2.24, 2.45) is 5.10 Å². The van der Waals surface area contributed by atoms with Crippen LogP contribution in [0.2, 0.25) is 0 Å². The van der Waals surface area contributed by atoms with E-state index in [1.807, 2.05) is 5.43 Å². The van der Waals surface area contributed by atoms with E-state index in [0.717, 1.165) is 12.3 Å². The highest BCUT2D eigenvalue weighted by Crippen LogP contribution is 2.19. The van der Waals surface area contributed by atoms with Crippen LogP contribution in [0.3, 0.4) is 0 Å². The summed E-state index contributed by atoms with van der Waals surface area (Å²) in [4.78, 5) is 33.4. The average Bonchev–Trinajstić information content (AvgIpc) is 2.57. The molecule has 0 unspecified atom stereocenters. The lowest BCUT2D eigenvalue weighted by Crippen LogP contribution is -2.32. The number of carbonyl (C=O) groups excluding carboxylic acids is 2. The maximum atomic E-state index is 13.6. The fourth-order valence-electron chi connectivity index (χ4n) is 1.70. The number of halogens is 2. The predicted molar refractivity (Wildman–Crippen MR) is 91.6 cm³/mol. The monoisotopic (exact) mass is 408 g/mol. The van der Waals surface area contributed by atoms with Gasteiger partial charge < -0.3 is 5.32 Å². The summed E-state index contributed by atoms with van der Waals surface area (Å²) in [6.07, 6.45) is 1.14. The summed E-state index contributed by atoms with van der Waals surface area (Å²) in [5.74, 6) is -2.95. The number of nitro groups is 1. The number of hydrogen-bond acceptors (Lipinski definition) is 5. The molecule has 0 aliphatic carbocycles. The molecule has 0 heterocycles. The van der Waals surface area contributed by atoms with Gasteiger partial charge in [0.15, 0.2) is 0 Å². The SMILES string of the molecule is O=C(N/N=C/c1cccc([N+](=O)[O-])c1)C(=O)Nc1ccc(Br)cc1F. The first-order valence-corrected chi connectivity index (χ1v) is 7.50. The number of nitrogens with one attached hydrogen (secondary N) is 2. The van der Waals surface area contributed by atoms with Crippen LogP contribution in [0.15, 0.2) is 52.0 Å². The maximum absolute atomic E-state index is 13.6. The van der Waals surface area contributed by atoms with Crippen LogP contribution in [0.1, 0.15) is 5.56 Å². The molecule has 2 aromatic carbocycles. The number of nitrogens with zero attached hydrogens (tertiary/aromatic N) is 2. The Morgan fingerprint density at radius 1 is 1.20 bits per heavy atom. The van der Waals surface area contributed by atoms with Crippen molar-refractivity contribution in [2.45, 2.75) is 0 Å². The fourth-order valence-corrected chi connectivity index (χ4v) is 2.04. The van der Waals surface area contributed by atoms with Gasteiger partial charge in [0.05, 0.1) is 16.8 Å². The summed E-state index contributed by atoms with van der Waals surface area (Å²) in [5.41, 5.74) is 2.00. The number of hydrogen-bond donors (Lipinski definition) is 2. The molecule has 0 saturated carbocycles. The van der Waals surface area contributed by atoms with E-state index in [4.69, 9.17) is 0 Å². The van der Waals surface area contributed by atoms with Crippen molar-refractivity contribution in [3.63, 3.8) is 0 Å². The van der Waals surface area contributed by atoms with Crippen LogP contribution in [-0.2, 0) is 9.59 Å². The van der Waals surface area contributed by atoms with Gasteiger partial charge in [-0.3, -0.25) is 19.7 Å². The van der Waals surface area contributed by atoms with Gasteiger partial charge >= 0.3 is 11.8 Å². The molecule has 0 bridgehead atoms. The molecule has 0 aromatic heterocycles. The molecule has 0 aliphatic heterocycles. The third kappa shape index (κ3) is 5.18. The van der Waals surface area contributed by atoms with Crippen molar-refractivity contribution in [1.82, 2.24) is 5.43 Å². The zero-order chi connectivity index (χ0) is 18.4. The van der Waals surface area contributed by atoms with Gasteiger partial charge in [0.2, 0.25) is 0 Å². The Morgan fingerprint density at radius 3 is 2.64 bits per heavy atom. The lowest BCUT2D eigenvalue weighted by atomic mass is 10.2. The second-order valence-corrected chi connectivity index (χ2v) is 5.55. The summed E-state index contributed by atoms with van der Waals surface area (Å²) >= 11 is 3.07. The quantitative estimate of drug-likeness (QED) is 0.350. The summed E-state index contributed by atoms with van der Waals surface area (Å²) < 4.78 is 14.1. The molecule has 2 rings (SSSR count). The van der Waals surface area contributed by atoms with E-state index < -0.39 is 22.6 Å². The normalized spacial score (nSPS) is 10.5. The van der Waals surface area contributed by atoms with Gasteiger partial charge in [0, 0.05) is 22.2 Å². The largest absolute Gasteiger partial charge is 0.329 e. The summed E-state index contributed by atoms with van der Waals surface area (Å²) in [6, 6.07) is 9.44. The Balaban J connectivity index is 1.96. The van der Waals surface area contributed by atoms with E-state index in [2.05, 4.69) is 26.3 Å². The van der Waals surface area contributed by atoms with E-state index in [0.29, 0.717) is 10.0 Å². The number of amides is 2. The molecule has 2 amide bonds. The highest BCUT2D eigenvalue weighted by atomic mass is 79.9. The first-order valence-electron chi connectivity index (χ1n) is 6.70. The topological polar surface area (TPSA) is 114 Å². The lowest BCUT2D eigenvalue weighted by Gasteiger charge is -2.05. The van der Waals surface area contributed by atoms with Crippen LogP contribution in [0.25, 0.3) is 0 Å². The molecule has 0 saturated heterocycles. The average molecular weight is 409 g/mol. The van der Waals surface area contributed by atoms with Gasteiger partial charge in [-0.05, 0) is 18.2 Å². The van der Waals surface area contributed by atoms with Crippen molar-refractivity contribution in [2.75, 3.05) is 5.32 Å². The van der Waals surface area contributed by atoms with Crippen molar-refractivity contribution >= 4 is 45.3 Å². The second-order valence-electron chi connectivity index (χ2n) is 4.63. The Morgan fingerprint density at radius 2 is 1.96 bits per heavy atom. The first kappa shape index (κ1) is 18.2. The number of carbonyl (C=O) groups is 2. The minimum Gasteiger partial charge on any atom is -0.315 e. The Bertz CT molecular complexity index is 872. The molecule has 0 spiro atoms. The second kappa shape index (κ2) is 8.11. The molecule has 128 valence electrons. The van der Waals surface area contributed by atoms with E-state index >= 15 is 0 Å². The zero-order valence-corrected chi connectivity index (χ0v) is 14.0. The van der Waals surface area contributed by atoms with Gasteiger partial charge in [-0.15, -0.1) is 0 Å². The van der Waals surface area contributed by atoms with Crippen molar-refractivity contribution in [3.05, 3.63) is 68.4 Å². The van der Waals surface area contributed by atoms with Gasteiger partial charge in [0.1, 0.15) is 5.82 Å². The van der Waals surface area contributed by atoms with E-state index in [1.54, 1.807) is 0 Å². The highest BCUT2D eigenvalue weighted by molar-refractivity contribution is 9.10. The maximum Gasteiger partial charge on any atom is 0.329 e. The van der Waals surface area contributed by atoms with Crippen molar-refractivity contribution < 1.29 is 18.9 Å². The molecule has 10 heteroatoms. The molecule has 0 aliphatic rings. The van der Waals surface area contributed by atoms with Crippen LogP contribution in [0.5, 0.6) is 0 Å². The molecule has 0 fully saturated rings. The van der Waals surface area contributed by atoms with Crippen LogP contribution < -0.4 is 10.7 Å². The number of rotatable bonds is 4. The molecule has 2 N–H and O–H groups in total. The third-order valence-corrected chi connectivity index (χ3v) is 3.34. The van der Waals surface area contributed by atoms with Crippen molar-refractivity contribution in [3.8, 4) is 0 Å². The minimum absolute atomic E-state index is 0.140. The van der Waals surface area contributed by atoms with Crippen LogP contribution in [0.4, 0.5) is 15.8 Å². The van der Waals surface area contributed by atoms with E-state index in [9.17, 15) is 24.1 Å². The molecule has 25 heavy (non-hydrogen) atoms. The van der Waals surface area contributed by atoms with Crippen molar-refractivity contribution in [1.29, 1.82) is 0 Å². The number of benzene rings is 2. The van der Waals surface area contributed by atoms with Gasteiger partial charge in [-0.1, -0.05) is 28.1 Å². The molecule has 2 aromatic rings. The Labute approximate surface area is 149 Å². The highest BCUT2D eigenvalue weighted by Gasteiger charge is 2.15. The number of non-ortho nitro benzene ring substituents is 1. The summed E-state index contributed by atoms with van der Waals surface area (Å²) in [5, 5.41) is 16.3. The Hall–Kier alpha value is -3.14. The molecule has 0 atom stereocenters. The summed E-state index contributed by atoms with van der Waals surface area (Å²) in [7, 11) is 0. The van der Waals surface area contributed by atoms with Crippen LogP contribution >= 0.6 is 15.9 Å². The zero-order valence-electron chi connectivity index (χ0n) is 12.4. The van der Waals surface area contributed by atoms with E-state index in [1.165, 1.54) is 36.4 Å². The van der Waals surface area contributed by atoms with Gasteiger partial charge in [0.25, 0.3) is 5.69 Å². The number of anilines is 1. The first-order chi connectivity index (χ1) is 11.9. The van der Waals surface area contributed by atoms with Gasteiger partial charge in [-0.25, -0.2) is 9.82 Å². The molecule has 0 radical (unpaired) electrons. The molecular weight excluding hydrogens is 399 g/mol. The standard InChI is InChI=1S/C15H10BrFN4O4/c16-10-4-5-13(12(17)7-10)19-14(22)15(23)20-18-8-9-2-1-3-11(6-9)21(24)25/h1-8H,(H,19,22)(H,20,23)/b18-8+. The summed E-state index contributed by atoms with van der Waals surface area (Å²) in [6.45, 7) is 0. The van der Waals surface area contributed by atoms with E-state index in [-0.39, 0.29) is 11.4 Å². The molecular formula is C15H10BrFN4O4. The smallest absolute Gasteiger partial charge is 0.315 e. The van der Waals surface area contributed by atoms with Crippen LogP contribution in [-0.4, -0.2) is 23.0 Å².